The van der Waals surface area contributed by atoms with Gasteiger partial charge in [0.05, 0.1) is 19.3 Å². The molecule has 1 amide bonds. The Morgan fingerprint density at radius 2 is 1.89 bits per heavy atom. The molecular formula is C19H24BrF2NO5. The van der Waals surface area contributed by atoms with E-state index in [2.05, 4.69) is 20.7 Å². The molecule has 2 unspecified atom stereocenters. The van der Waals surface area contributed by atoms with E-state index >= 15 is 0 Å². The van der Waals surface area contributed by atoms with E-state index in [0.29, 0.717) is 6.42 Å². The van der Waals surface area contributed by atoms with Crippen LogP contribution in [0, 0.1) is 0 Å². The van der Waals surface area contributed by atoms with E-state index in [1.165, 1.54) is 0 Å². The van der Waals surface area contributed by atoms with Gasteiger partial charge in [0.15, 0.2) is 0 Å². The molecule has 1 aliphatic heterocycles. The minimum Gasteiger partial charge on any atom is -0.464 e. The molecule has 9 heteroatoms. The molecule has 28 heavy (non-hydrogen) atoms. The number of carbonyl (C=O) groups is 2. The maximum atomic E-state index is 12.6. The normalized spacial score (nSPS) is 19.8. The quantitative estimate of drug-likeness (QED) is 0.592. The Hall–Kier alpha value is -1.74. The minimum atomic E-state index is -2.99. The van der Waals surface area contributed by atoms with Crippen LogP contribution in [-0.4, -0.2) is 54.5 Å². The van der Waals surface area contributed by atoms with E-state index < -0.39 is 36.4 Å². The lowest BCUT2D eigenvalue weighted by molar-refractivity contribution is -0.160. The van der Waals surface area contributed by atoms with Gasteiger partial charge in [0.1, 0.15) is 11.6 Å². The van der Waals surface area contributed by atoms with E-state index in [1.54, 1.807) is 20.8 Å². The number of halogens is 3. The standard InChI is InChI=1S/C19H24BrF2NO5/c1-19(2,3)28-18(25)23-11-14(27-17(21)22)10-15(23)16(24)26-9-8-12-4-6-13(20)7-5-12/h4-7,14-15,17H,8-11H2,1-3H3. The lowest BCUT2D eigenvalue weighted by atomic mass is 10.1. The maximum Gasteiger partial charge on any atom is 0.411 e. The highest BCUT2D eigenvalue weighted by atomic mass is 79.9. The first kappa shape index (κ1) is 22.5. The van der Waals surface area contributed by atoms with Crippen molar-refractivity contribution in [2.75, 3.05) is 13.2 Å². The average molecular weight is 464 g/mol. The third-order valence-corrected chi connectivity index (χ3v) is 4.54. The zero-order chi connectivity index (χ0) is 20.9. The lowest BCUT2D eigenvalue weighted by Gasteiger charge is -2.27. The molecule has 1 fully saturated rings. The number of esters is 1. The van der Waals surface area contributed by atoms with E-state index in [-0.39, 0.29) is 19.6 Å². The fourth-order valence-electron chi connectivity index (χ4n) is 2.80. The van der Waals surface area contributed by atoms with Gasteiger partial charge in [-0.1, -0.05) is 28.1 Å². The zero-order valence-electron chi connectivity index (χ0n) is 16.0. The Morgan fingerprint density at radius 1 is 1.25 bits per heavy atom. The second-order valence-corrected chi connectivity index (χ2v) is 8.36. The van der Waals surface area contributed by atoms with Crippen LogP contribution >= 0.6 is 15.9 Å². The van der Waals surface area contributed by atoms with Crippen LogP contribution in [0.1, 0.15) is 32.8 Å². The van der Waals surface area contributed by atoms with Crippen LogP contribution in [0.3, 0.4) is 0 Å². The van der Waals surface area contributed by atoms with Crippen molar-refractivity contribution in [3.05, 3.63) is 34.3 Å². The topological polar surface area (TPSA) is 65.1 Å². The van der Waals surface area contributed by atoms with Crippen LogP contribution in [0.15, 0.2) is 28.7 Å². The highest BCUT2D eigenvalue weighted by Crippen LogP contribution is 2.25. The van der Waals surface area contributed by atoms with Crippen LogP contribution in [-0.2, 0) is 25.4 Å². The van der Waals surface area contributed by atoms with Gasteiger partial charge in [-0.25, -0.2) is 9.59 Å². The first-order valence-electron chi connectivity index (χ1n) is 8.89. The number of likely N-dealkylation sites (tertiary alicyclic amines) is 1. The number of rotatable bonds is 6. The molecule has 0 spiro atoms. The van der Waals surface area contributed by atoms with Crippen molar-refractivity contribution in [1.29, 1.82) is 0 Å². The van der Waals surface area contributed by atoms with Gasteiger partial charge in [0.2, 0.25) is 0 Å². The third-order valence-electron chi connectivity index (χ3n) is 4.01. The Bertz CT molecular complexity index is 678. The first-order chi connectivity index (χ1) is 13.0. The fourth-order valence-corrected chi connectivity index (χ4v) is 3.07. The molecule has 1 aromatic carbocycles. The molecule has 0 saturated carbocycles. The predicted molar refractivity (Wildman–Crippen MR) is 101 cm³/mol. The van der Waals surface area contributed by atoms with Gasteiger partial charge in [-0.2, -0.15) is 8.78 Å². The van der Waals surface area contributed by atoms with Crippen molar-refractivity contribution in [2.24, 2.45) is 0 Å². The van der Waals surface area contributed by atoms with E-state index in [0.717, 1.165) is 14.9 Å². The molecule has 1 aliphatic rings. The number of alkyl halides is 2. The second kappa shape index (κ2) is 9.65. The molecule has 0 aromatic heterocycles. The van der Waals surface area contributed by atoms with Crippen molar-refractivity contribution >= 4 is 28.0 Å². The monoisotopic (exact) mass is 463 g/mol. The Balaban J connectivity index is 1.97. The summed E-state index contributed by atoms with van der Waals surface area (Å²) >= 11 is 3.34. The number of hydrogen-bond donors (Lipinski definition) is 0. The summed E-state index contributed by atoms with van der Waals surface area (Å²) in [5.41, 5.74) is 0.194. The van der Waals surface area contributed by atoms with Gasteiger partial charge in [-0.3, -0.25) is 4.90 Å². The Morgan fingerprint density at radius 3 is 2.46 bits per heavy atom. The third kappa shape index (κ3) is 7.01. The number of benzene rings is 1. The van der Waals surface area contributed by atoms with Gasteiger partial charge < -0.3 is 14.2 Å². The van der Waals surface area contributed by atoms with Crippen molar-refractivity contribution < 1.29 is 32.6 Å². The summed E-state index contributed by atoms with van der Waals surface area (Å²) in [7, 11) is 0. The predicted octanol–water partition coefficient (Wildman–Crippen LogP) is 4.15. The zero-order valence-corrected chi connectivity index (χ0v) is 17.6. The highest BCUT2D eigenvalue weighted by molar-refractivity contribution is 9.10. The van der Waals surface area contributed by atoms with Crippen LogP contribution in [0.2, 0.25) is 0 Å². The molecular weight excluding hydrogens is 440 g/mol. The summed E-state index contributed by atoms with van der Waals surface area (Å²) in [6.07, 6.45) is -1.30. The molecule has 1 saturated heterocycles. The molecule has 2 atom stereocenters. The summed E-state index contributed by atoms with van der Waals surface area (Å²) in [5.74, 6) is -0.664. The van der Waals surface area contributed by atoms with Gasteiger partial charge in [0.25, 0.3) is 0 Å². The molecule has 156 valence electrons. The van der Waals surface area contributed by atoms with E-state index in [9.17, 15) is 18.4 Å². The number of nitrogens with zero attached hydrogens (tertiary/aromatic N) is 1. The number of ether oxygens (including phenoxy) is 3. The molecule has 6 nitrogen and oxygen atoms in total. The second-order valence-electron chi connectivity index (χ2n) is 7.45. The van der Waals surface area contributed by atoms with Crippen molar-refractivity contribution in [3.63, 3.8) is 0 Å². The van der Waals surface area contributed by atoms with Crippen molar-refractivity contribution in [3.8, 4) is 0 Å². The summed E-state index contributed by atoms with van der Waals surface area (Å²) in [6.45, 7) is 2.00. The summed E-state index contributed by atoms with van der Waals surface area (Å²) in [4.78, 5) is 26.0. The first-order valence-corrected chi connectivity index (χ1v) is 9.69. The summed E-state index contributed by atoms with van der Waals surface area (Å²) in [6, 6.07) is 6.53. The summed E-state index contributed by atoms with van der Waals surface area (Å²) in [5, 5.41) is 0. The average Bonchev–Trinajstić information content (AvgIpc) is 2.98. The lowest BCUT2D eigenvalue weighted by Crippen LogP contribution is -2.44. The van der Waals surface area contributed by atoms with Crippen LogP contribution in [0.25, 0.3) is 0 Å². The number of hydrogen-bond acceptors (Lipinski definition) is 5. The highest BCUT2D eigenvalue weighted by Gasteiger charge is 2.43. The molecule has 0 radical (unpaired) electrons. The molecule has 2 rings (SSSR count). The van der Waals surface area contributed by atoms with Gasteiger partial charge in [0, 0.05) is 17.3 Å². The van der Waals surface area contributed by atoms with Crippen LogP contribution in [0.5, 0.6) is 0 Å². The van der Waals surface area contributed by atoms with Gasteiger partial charge in [-0.05, 0) is 38.5 Å². The van der Waals surface area contributed by atoms with Crippen molar-refractivity contribution in [1.82, 2.24) is 4.90 Å². The molecule has 0 bridgehead atoms. The smallest absolute Gasteiger partial charge is 0.411 e. The minimum absolute atomic E-state index is 0.0688. The summed E-state index contributed by atoms with van der Waals surface area (Å²) < 4.78 is 41.1. The van der Waals surface area contributed by atoms with Crippen LogP contribution < -0.4 is 0 Å². The number of carbonyl (C=O) groups excluding carboxylic acids is 2. The molecule has 1 aromatic rings. The maximum absolute atomic E-state index is 12.6. The Labute approximate surface area is 171 Å². The van der Waals surface area contributed by atoms with E-state index in [4.69, 9.17) is 9.47 Å². The number of amides is 1. The van der Waals surface area contributed by atoms with E-state index in [1.807, 2.05) is 24.3 Å². The largest absolute Gasteiger partial charge is 0.464 e. The van der Waals surface area contributed by atoms with Crippen LogP contribution in [0.4, 0.5) is 13.6 Å². The van der Waals surface area contributed by atoms with Gasteiger partial charge in [-0.15, -0.1) is 0 Å². The SMILES string of the molecule is CC(C)(C)OC(=O)N1CC(OC(F)F)CC1C(=O)OCCc1ccc(Br)cc1. The molecule has 0 N–H and O–H groups in total. The van der Waals surface area contributed by atoms with Gasteiger partial charge >= 0.3 is 18.7 Å². The fraction of sp³-hybridized carbons (Fsp3) is 0.579. The van der Waals surface area contributed by atoms with Crippen molar-refractivity contribution in [2.45, 2.75) is 58.0 Å². The molecule has 1 heterocycles. The Kier molecular flexibility index (Phi) is 7.77. The molecule has 0 aliphatic carbocycles.